The van der Waals surface area contributed by atoms with Gasteiger partial charge in [0.05, 0.1) is 6.61 Å². The van der Waals surface area contributed by atoms with Crippen LogP contribution in [0.5, 0.6) is 0 Å². The van der Waals surface area contributed by atoms with E-state index in [1.165, 1.54) is 6.08 Å². The van der Waals surface area contributed by atoms with E-state index in [1.54, 1.807) is 13.2 Å². The van der Waals surface area contributed by atoms with Crippen molar-refractivity contribution in [2.24, 2.45) is 0 Å². The molecule has 1 aromatic rings. The van der Waals surface area contributed by atoms with Crippen LogP contribution in [0.3, 0.4) is 0 Å². The summed E-state index contributed by atoms with van der Waals surface area (Å²) in [5, 5.41) is 8.78. The molecular weight excluding hydrogens is 266 g/mol. The van der Waals surface area contributed by atoms with Gasteiger partial charge in [-0.25, -0.2) is 4.79 Å². The van der Waals surface area contributed by atoms with E-state index in [2.05, 4.69) is 18.7 Å². The highest BCUT2D eigenvalue weighted by Crippen LogP contribution is 2.16. The maximum atomic E-state index is 10.7. The second-order valence-electron chi connectivity index (χ2n) is 5.09. The van der Waals surface area contributed by atoms with Crippen LogP contribution in [0, 0.1) is 0 Å². The summed E-state index contributed by atoms with van der Waals surface area (Å²) in [4.78, 5) is 13.0. The number of hydrogen-bond acceptors (Lipinski definition) is 3. The summed E-state index contributed by atoms with van der Waals surface area (Å²) >= 11 is 0. The van der Waals surface area contributed by atoms with Gasteiger partial charge >= 0.3 is 5.97 Å². The predicted octanol–water partition coefficient (Wildman–Crippen LogP) is 3.03. The number of carbonyl (C=O) groups is 1. The minimum atomic E-state index is -0.928. The highest BCUT2D eigenvalue weighted by atomic mass is 16.5. The summed E-state index contributed by atoms with van der Waals surface area (Å²) in [6, 6.07) is 8.35. The van der Waals surface area contributed by atoms with Crippen LogP contribution < -0.4 is 0 Å². The first-order valence-corrected chi connectivity index (χ1v) is 7.30. The van der Waals surface area contributed by atoms with E-state index in [4.69, 9.17) is 9.84 Å². The van der Waals surface area contributed by atoms with Crippen LogP contribution in [-0.4, -0.2) is 42.3 Å². The molecule has 1 rings (SSSR count). The Morgan fingerprint density at radius 1 is 1.43 bits per heavy atom. The van der Waals surface area contributed by atoms with Crippen molar-refractivity contribution in [2.75, 3.05) is 20.3 Å². The number of carboxylic acids is 1. The molecular formula is C17H25NO3. The second-order valence-corrected chi connectivity index (χ2v) is 5.09. The van der Waals surface area contributed by atoms with Crippen molar-refractivity contribution in [3.8, 4) is 0 Å². The molecule has 0 fully saturated rings. The van der Waals surface area contributed by atoms with Crippen molar-refractivity contribution in [1.82, 2.24) is 4.90 Å². The first kappa shape index (κ1) is 17.4. The number of methoxy groups -OCH3 is 1. The maximum Gasteiger partial charge on any atom is 0.328 e. The third-order valence-corrected chi connectivity index (χ3v) is 3.63. The smallest absolute Gasteiger partial charge is 0.328 e. The maximum absolute atomic E-state index is 10.7. The molecule has 0 spiro atoms. The lowest BCUT2D eigenvalue weighted by Gasteiger charge is -2.28. The number of hydrogen-bond donors (Lipinski definition) is 1. The fraction of sp³-hybridized carbons (Fsp3) is 0.471. The molecule has 116 valence electrons. The predicted molar refractivity (Wildman–Crippen MR) is 85.2 cm³/mol. The summed E-state index contributed by atoms with van der Waals surface area (Å²) in [7, 11) is 1.71. The van der Waals surface area contributed by atoms with Crippen LogP contribution >= 0.6 is 0 Å². The minimum absolute atomic E-state index is 0.455. The molecule has 0 aliphatic heterocycles. The van der Waals surface area contributed by atoms with Gasteiger partial charge in [-0.05, 0) is 30.5 Å². The van der Waals surface area contributed by atoms with Crippen molar-refractivity contribution in [3.05, 3.63) is 41.5 Å². The summed E-state index contributed by atoms with van der Waals surface area (Å²) < 4.78 is 5.18. The standard InChI is InChI=1S/C17H25NO3/c1-4-14(2)18(11-12-21-3)13-16-8-6-5-7-15(16)9-10-17(19)20/h5-10,14H,4,11-13H2,1-3H3,(H,19,20). The molecule has 0 saturated carbocycles. The van der Waals surface area contributed by atoms with Gasteiger partial charge in [0.1, 0.15) is 0 Å². The topological polar surface area (TPSA) is 49.8 Å². The molecule has 4 nitrogen and oxygen atoms in total. The number of carboxylic acid groups (broad SMARTS) is 1. The van der Waals surface area contributed by atoms with E-state index in [0.29, 0.717) is 12.6 Å². The van der Waals surface area contributed by atoms with Crippen LogP contribution in [0.25, 0.3) is 6.08 Å². The molecule has 0 radical (unpaired) electrons. The fourth-order valence-corrected chi connectivity index (χ4v) is 2.14. The Kier molecular flexibility index (Phi) is 7.72. The molecule has 0 heterocycles. The van der Waals surface area contributed by atoms with Gasteiger partial charge in [-0.15, -0.1) is 0 Å². The molecule has 0 aliphatic rings. The van der Waals surface area contributed by atoms with Gasteiger partial charge in [-0.1, -0.05) is 31.2 Å². The Hall–Kier alpha value is -1.65. The van der Waals surface area contributed by atoms with E-state index < -0.39 is 5.97 Å². The largest absolute Gasteiger partial charge is 0.478 e. The van der Waals surface area contributed by atoms with E-state index >= 15 is 0 Å². The molecule has 1 aromatic carbocycles. The first-order valence-electron chi connectivity index (χ1n) is 7.30. The fourth-order valence-electron chi connectivity index (χ4n) is 2.14. The van der Waals surface area contributed by atoms with Crippen LogP contribution in [0.4, 0.5) is 0 Å². The summed E-state index contributed by atoms with van der Waals surface area (Å²) in [5.41, 5.74) is 2.08. The molecule has 0 bridgehead atoms. The van der Waals surface area contributed by atoms with E-state index in [9.17, 15) is 4.79 Å². The van der Waals surface area contributed by atoms with Gasteiger partial charge in [0, 0.05) is 32.3 Å². The molecule has 0 aliphatic carbocycles. The molecule has 0 saturated heterocycles. The average molecular weight is 291 g/mol. The lowest BCUT2D eigenvalue weighted by Crippen LogP contribution is -2.35. The van der Waals surface area contributed by atoms with Gasteiger partial charge in [0.2, 0.25) is 0 Å². The number of ether oxygens (including phenoxy) is 1. The highest BCUT2D eigenvalue weighted by Gasteiger charge is 2.13. The quantitative estimate of drug-likeness (QED) is 0.711. The Labute approximate surface area is 127 Å². The first-order chi connectivity index (χ1) is 10.1. The molecule has 0 aromatic heterocycles. The summed E-state index contributed by atoms with van der Waals surface area (Å²) in [6.45, 7) is 6.71. The monoisotopic (exact) mass is 291 g/mol. The Morgan fingerprint density at radius 2 is 2.14 bits per heavy atom. The number of benzene rings is 1. The average Bonchev–Trinajstić information content (AvgIpc) is 2.49. The molecule has 1 atom stereocenters. The zero-order chi connectivity index (χ0) is 15.7. The molecule has 21 heavy (non-hydrogen) atoms. The highest BCUT2D eigenvalue weighted by molar-refractivity contribution is 5.85. The Morgan fingerprint density at radius 3 is 2.76 bits per heavy atom. The van der Waals surface area contributed by atoms with Crippen molar-refractivity contribution in [2.45, 2.75) is 32.9 Å². The third-order valence-electron chi connectivity index (χ3n) is 3.63. The van der Waals surface area contributed by atoms with Gasteiger partial charge in [-0.3, -0.25) is 4.90 Å². The molecule has 1 N–H and O–H groups in total. The van der Waals surface area contributed by atoms with Crippen molar-refractivity contribution in [1.29, 1.82) is 0 Å². The lowest BCUT2D eigenvalue weighted by molar-refractivity contribution is -0.131. The zero-order valence-corrected chi connectivity index (χ0v) is 13.1. The van der Waals surface area contributed by atoms with Gasteiger partial charge in [0.25, 0.3) is 0 Å². The van der Waals surface area contributed by atoms with Crippen molar-refractivity contribution < 1.29 is 14.6 Å². The van der Waals surface area contributed by atoms with Crippen molar-refractivity contribution >= 4 is 12.0 Å². The van der Waals surface area contributed by atoms with E-state index in [0.717, 1.165) is 30.6 Å². The van der Waals surface area contributed by atoms with Crippen LogP contribution in [0.15, 0.2) is 30.3 Å². The Bertz CT molecular complexity index is 471. The molecule has 0 amide bonds. The number of nitrogens with zero attached hydrogens (tertiary/aromatic N) is 1. The summed E-state index contributed by atoms with van der Waals surface area (Å²) in [6.07, 6.45) is 3.90. The number of aliphatic carboxylic acids is 1. The summed E-state index contributed by atoms with van der Waals surface area (Å²) in [5.74, 6) is -0.928. The van der Waals surface area contributed by atoms with Gasteiger partial charge in [0.15, 0.2) is 0 Å². The molecule has 1 unspecified atom stereocenters. The van der Waals surface area contributed by atoms with Crippen molar-refractivity contribution in [3.63, 3.8) is 0 Å². The van der Waals surface area contributed by atoms with Crippen LogP contribution in [-0.2, 0) is 16.1 Å². The van der Waals surface area contributed by atoms with Crippen LogP contribution in [0.2, 0.25) is 0 Å². The number of rotatable bonds is 9. The zero-order valence-electron chi connectivity index (χ0n) is 13.1. The normalized spacial score (nSPS) is 13.0. The van der Waals surface area contributed by atoms with E-state index in [-0.39, 0.29) is 0 Å². The van der Waals surface area contributed by atoms with Gasteiger partial charge < -0.3 is 9.84 Å². The third kappa shape index (κ3) is 6.10. The molecule has 4 heteroatoms. The SMILES string of the molecule is CCC(C)N(CCOC)Cc1ccccc1C=CC(=O)O. The Balaban J connectivity index is 2.89. The lowest BCUT2D eigenvalue weighted by atomic mass is 10.1. The van der Waals surface area contributed by atoms with E-state index in [1.807, 2.05) is 24.3 Å². The van der Waals surface area contributed by atoms with Gasteiger partial charge in [-0.2, -0.15) is 0 Å². The minimum Gasteiger partial charge on any atom is -0.478 e. The van der Waals surface area contributed by atoms with Crippen LogP contribution in [0.1, 0.15) is 31.4 Å². The second kappa shape index (κ2) is 9.32.